The molecule has 1 aliphatic rings. The molecule has 4 aromatic rings. The summed E-state index contributed by atoms with van der Waals surface area (Å²) in [4.78, 5) is 0. The smallest absolute Gasteiger partial charge is 0.200 e. The minimum Gasteiger partial charge on any atom is -0.343 e. The molecule has 0 spiro atoms. The number of hydrogen-bond donors (Lipinski definition) is 0. The first-order valence-corrected chi connectivity index (χ1v) is 16.2. The first kappa shape index (κ1) is 40.4. The highest BCUT2D eigenvalue weighted by atomic mass is 31.1. The fraction of sp³-hybridized carbons (Fsp3) is 0.172. The molecule has 5 rings (SSSR count). The highest BCUT2D eigenvalue weighted by Gasteiger charge is 2.45. The Morgan fingerprint density at radius 1 is 0.264 bits per heavy atom. The second kappa shape index (κ2) is 14.8. The van der Waals surface area contributed by atoms with Crippen molar-refractivity contribution in [2.75, 3.05) is 0 Å². The SMILES string of the molecule is Fc1c(F)c(F)c(P(O[C@@H]2CCC[C@H]2OP(c2c(F)c(F)c(F)c(F)c2F)c2c(F)c(F)c(F)c(F)c2F)c2c(F)c(F)c(F)c(F)c2F)c(F)c1F. The first-order valence-electron chi connectivity index (χ1n) is 13.7. The van der Waals surface area contributed by atoms with E-state index in [1.165, 1.54) is 0 Å². The number of rotatable bonds is 8. The van der Waals surface area contributed by atoms with Crippen LogP contribution in [0.4, 0.5) is 87.8 Å². The average molecular weight is 830 g/mol. The molecule has 286 valence electrons. The van der Waals surface area contributed by atoms with Crippen molar-refractivity contribution < 1.29 is 96.9 Å². The normalized spacial score (nSPS) is 16.2. The van der Waals surface area contributed by atoms with E-state index < -0.39 is 185 Å². The molecule has 1 fully saturated rings. The largest absolute Gasteiger partial charge is 0.343 e. The molecular formula is C29H8F20O2P2. The summed E-state index contributed by atoms with van der Waals surface area (Å²) >= 11 is 0. The van der Waals surface area contributed by atoms with Crippen LogP contribution in [-0.2, 0) is 9.05 Å². The summed E-state index contributed by atoms with van der Waals surface area (Å²) in [5, 5.41) is -9.47. The summed E-state index contributed by atoms with van der Waals surface area (Å²) in [5.41, 5.74) is 0. The van der Waals surface area contributed by atoms with E-state index in [-0.39, 0.29) is 0 Å². The topological polar surface area (TPSA) is 18.5 Å². The molecule has 24 heteroatoms. The predicted octanol–water partition coefficient (Wildman–Crippen LogP) is 8.82. The lowest BCUT2D eigenvalue weighted by Crippen LogP contribution is -2.36. The average Bonchev–Trinajstić information content (AvgIpc) is 3.57. The first-order chi connectivity index (χ1) is 24.7. The lowest BCUT2D eigenvalue weighted by Gasteiger charge is -2.30. The molecule has 2 nitrogen and oxygen atoms in total. The maximum absolute atomic E-state index is 15.0. The van der Waals surface area contributed by atoms with Gasteiger partial charge in [-0.1, -0.05) is 0 Å². The number of benzene rings is 4. The Morgan fingerprint density at radius 3 is 0.585 bits per heavy atom. The molecule has 1 aliphatic carbocycles. The maximum atomic E-state index is 15.0. The molecule has 0 heterocycles. The van der Waals surface area contributed by atoms with Gasteiger partial charge in [0.05, 0.1) is 33.4 Å². The molecule has 1 saturated carbocycles. The summed E-state index contributed by atoms with van der Waals surface area (Å²) in [5.74, 6) is -58.0. The van der Waals surface area contributed by atoms with Gasteiger partial charge < -0.3 is 9.05 Å². The van der Waals surface area contributed by atoms with Crippen LogP contribution in [0.1, 0.15) is 19.3 Å². The van der Waals surface area contributed by atoms with Gasteiger partial charge in [0, 0.05) is 0 Å². The summed E-state index contributed by atoms with van der Waals surface area (Å²) in [6.45, 7) is 0. The minimum atomic E-state index is -4.55. The van der Waals surface area contributed by atoms with E-state index in [1.807, 2.05) is 0 Å². The van der Waals surface area contributed by atoms with E-state index in [0.717, 1.165) is 0 Å². The van der Waals surface area contributed by atoms with Gasteiger partial charge in [-0.05, 0) is 19.3 Å². The highest BCUT2D eigenvalue weighted by molar-refractivity contribution is 7.69. The minimum absolute atomic E-state index is 0.468. The Morgan fingerprint density at radius 2 is 0.415 bits per heavy atom. The Bertz CT molecular complexity index is 1780. The van der Waals surface area contributed by atoms with Gasteiger partial charge in [-0.15, -0.1) is 0 Å². The molecule has 0 amide bonds. The van der Waals surface area contributed by atoms with Gasteiger partial charge in [0.15, 0.2) is 93.1 Å². The van der Waals surface area contributed by atoms with Crippen LogP contribution in [-0.4, -0.2) is 12.2 Å². The van der Waals surface area contributed by atoms with Crippen LogP contribution in [0.5, 0.6) is 0 Å². The number of hydrogen-bond acceptors (Lipinski definition) is 2. The quantitative estimate of drug-likeness (QED) is 0.0766. The Labute approximate surface area is 282 Å². The molecule has 0 saturated heterocycles. The molecule has 0 bridgehead atoms. The molecule has 53 heavy (non-hydrogen) atoms. The van der Waals surface area contributed by atoms with Gasteiger partial charge in [-0.3, -0.25) is 0 Å². The molecule has 0 N–H and O–H groups in total. The fourth-order valence-electron chi connectivity index (χ4n) is 4.92. The van der Waals surface area contributed by atoms with Crippen molar-refractivity contribution in [2.24, 2.45) is 0 Å². The van der Waals surface area contributed by atoms with Gasteiger partial charge in [-0.25, -0.2) is 87.8 Å². The second-order valence-electron chi connectivity index (χ2n) is 10.5. The summed E-state index contributed by atoms with van der Waals surface area (Å²) < 4.78 is 300. The number of halogens is 20. The van der Waals surface area contributed by atoms with Crippen molar-refractivity contribution >= 4 is 37.5 Å². The van der Waals surface area contributed by atoms with E-state index in [1.54, 1.807) is 0 Å². The third-order valence-electron chi connectivity index (χ3n) is 7.43. The summed E-state index contributed by atoms with van der Waals surface area (Å²) in [6.07, 6.45) is -6.74. The lowest BCUT2D eigenvalue weighted by molar-refractivity contribution is 0.101. The Hall–Kier alpha value is -3.74. The third kappa shape index (κ3) is 6.48. The van der Waals surface area contributed by atoms with Crippen molar-refractivity contribution in [3.8, 4) is 0 Å². The van der Waals surface area contributed by atoms with Crippen LogP contribution >= 0.6 is 16.3 Å². The zero-order valence-electron chi connectivity index (χ0n) is 24.5. The van der Waals surface area contributed by atoms with Gasteiger partial charge in [0.2, 0.25) is 23.3 Å². The summed E-state index contributed by atoms with van der Waals surface area (Å²) in [6, 6.07) is 0. The van der Waals surface area contributed by atoms with Crippen LogP contribution in [0.2, 0.25) is 0 Å². The Balaban J connectivity index is 1.74. The zero-order chi connectivity index (χ0) is 39.7. The summed E-state index contributed by atoms with van der Waals surface area (Å²) in [7, 11) is -9.10. The highest BCUT2D eigenvalue weighted by Crippen LogP contribution is 2.50. The zero-order valence-corrected chi connectivity index (χ0v) is 26.3. The van der Waals surface area contributed by atoms with Crippen LogP contribution in [0.25, 0.3) is 0 Å². The van der Waals surface area contributed by atoms with Crippen LogP contribution < -0.4 is 21.2 Å². The van der Waals surface area contributed by atoms with Crippen molar-refractivity contribution in [1.29, 1.82) is 0 Å². The lowest BCUT2D eigenvalue weighted by atomic mass is 10.3. The molecule has 0 aromatic heterocycles. The van der Waals surface area contributed by atoms with E-state index in [9.17, 15) is 52.7 Å². The van der Waals surface area contributed by atoms with Gasteiger partial charge in [-0.2, -0.15) is 0 Å². The molecular weight excluding hydrogens is 822 g/mol. The van der Waals surface area contributed by atoms with Crippen LogP contribution in [0.3, 0.4) is 0 Å². The van der Waals surface area contributed by atoms with Crippen molar-refractivity contribution in [3.63, 3.8) is 0 Å². The third-order valence-corrected chi connectivity index (χ3v) is 11.6. The second-order valence-corrected chi connectivity index (χ2v) is 13.9. The van der Waals surface area contributed by atoms with Gasteiger partial charge in [0.1, 0.15) is 16.3 Å². The van der Waals surface area contributed by atoms with Crippen molar-refractivity contribution in [1.82, 2.24) is 0 Å². The van der Waals surface area contributed by atoms with Gasteiger partial charge in [0.25, 0.3) is 0 Å². The monoisotopic (exact) mass is 830 g/mol. The van der Waals surface area contributed by atoms with E-state index in [2.05, 4.69) is 0 Å². The maximum Gasteiger partial charge on any atom is 0.200 e. The fourth-order valence-corrected chi connectivity index (χ4v) is 9.03. The van der Waals surface area contributed by atoms with E-state index >= 15 is 35.1 Å². The van der Waals surface area contributed by atoms with E-state index in [4.69, 9.17) is 9.05 Å². The van der Waals surface area contributed by atoms with Gasteiger partial charge >= 0.3 is 0 Å². The molecule has 2 atom stereocenters. The van der Waals surface area contributed by atoms with Crippen molar-refractivity contribution in [2.45, 2.75) is 31.5 Å². The van der Waals surface area contributed by atoms with E-state index in [0.29, 0.717) is 0 Å². The molecule has 0 radical (unpaired) electrons. The molecule has 0 aliphatic heterocycles. The standard InChI is InChI=1S/C29H8F20O2P2/c30-6-10(34)18(42)26(19(43)11(6)35)52(27-20(44)12(36)7(31)13(37)21(27)45)50-4-2-1-3-5(4)51-53(28-22(46)14(38)8(32)15(39)23(28)47)29-24(48)16(40)9(33)17(41)25(29)49/h4-5H,1-3H2/t4-,5-/m1/s1. The molecule has 0 unspecified atom stereocenters. The molecule has 4 aromatic carbocycles. The predicted molar refractivity (Wildman–Crippen MR) is 141 cm³/mol. The Kier molecular flexibility index (Phi) is 11.3. The van der Waals surface area contributed by atoms with Crippen molar-refractivity contribution in [3.05, 3.63) is 116 Å². The van der Waals surface area contributed by atoms with Crippen LogP contribution in [0.15, 0.2) is 0 Å². The van der Waals surface area contributed by atoms with Crippen LogP contribution in [0, 0.1) is 116 Å².